The number of benzene rings is 1. The SMILES string of the molecule is CCCC(C)(C)Nc1cc(C)c(N)cc1Br. The normalized spacial score (nSPS) is 11.6. The molecule has 2 nitrogen and oxygen atoms in total. The molecule has 16 heavy (non-hydrogen) atoms. The first kappa shape index (κ1) is 13.4. The van der Waals surface area contributed by atoms with Gasteiger partial charge in [-0.3, -0.25) is 0 Å². The van der Waals surface area contributed by atoms with Crippen molar-refractivity contribution in [3.05, 3.63) is 22.2 Å². The van der Waals surface area contributed by atoms with Crippen LogP contribution in [0.3, 0.4) is 0 Å². The molecule has 0 saturated heterocycles. The lowest BCUT2D eigenvalue weighted by Crippen LogP contribution is -2.30. The van der Waals surface area contributed by atoms with Gasteiger partial charge in [0.15, 0.2) is 0 Å². The van der Waals surface area contributed by atoms with Crippen LogP contribution in [0.15, 0.2) is 16.6 Å². The lowest BCUT2D eigenvalue weighted by molar-refractivity contribution is 0.511. The van der Waals surface area contributed by atoms with E-state index in [-0.39, 0.29) is 5.54 Å². The van der Waals surface area contributed by atoms with Crippen molar-refractivity contribution in [2.24, 2.45) is 0 Å². The van der Waals surface area contributed by atoms with Gasteiger partial charge in [0.05, 0.1) is 0 Å². The van der Waals surface area contributed by atoms with Crippen molar-refractivity contribution < 1.29 is 0 Å². The first-order chi connectivity index (χ1) is 7.35. The smallest absolute Gasteiger partial charge is 0.0492 e. The summed E-state index contributed by atoms with van der Waals surface area (Å²) >= 11 is 3.54. The van der Waals surface area contributed by atoms with E-state index in [0.717, 1.165) is 27.8 Å². The Bertz CT molecular complexity index is 372. The molecule has 0 aromatic heterocycles. The highest BCUT2D eigenvalue weighted by Gasteiger charge is 2.17. The minimum atomic E-state index is 0.111. The number of halogens is 1. The zero-order valence-electron chi connectivity index (χ0n) is 10.5. The van der Waals surface area contributed by atoms with Gasteiger partial charge in [0.25, 0.3) is 0 Å². The fourth-order valence-corrected chi connectivity index (χ4v) is 2.30. The quantitative estimate of drug-likeness (QED) is 0.808. The van der Waals surface area contributed by atoms with Gasteiger partial charge in [-0.2, -0.15) is 0 Å². The van der Waals surface area contributed by atoms with Crippen LogP contribution in [0.5, 0.6) is 0 Å². The van der Waals surface area contributed by atoms with E-state index in [0.29, 0.717) is 0 Å². The molecule has 0 fully saturated rings. The third kappa shape index (κ3) is 3.41. The second-order valence-electron chi connectivity index (χ2n) is 4.95. The highest BCUT2D eigenvalue weighted by atomic mass is 79.9. The minimum Gasteiger partial charge on any atom is -0.398 e. The summed E-state index contributed by atoms with van der Waals surface area (Å²) < 4.78 is 1.03. The van der Waals surface area contributed by atoms with Gasteiger partial charge in [0.1, 0.15) is 0 Å². The zero-order valence-corrected chi connectivity index (χ0v) is 12.1. The molecule has 3 heteroatoms. The number of anilines is 2. The molecule has 0 unspecified atom stereocenters. The maximum Gasteiger partial charge on any atom is 0.0492 e. The average Bonchev–Trinajstić information content (AvgIpc) is 2.13. The highest BCUT2D eigenvalue weighted by molar-refractivity contribution is 9.10. The van der Waals surface area contributed by atoms with Crippen LogP contribution in [-0.4, -0.2) is 5.54 Å². The van der Waals surface area contributed by atoms with E-state index in [1.165, 1.54) is 6.42 Å². The highest BCUT2D eigenvalue weighted by Crippen LogP contribution is 2.30. The molecule has 0 aliphatic carbocycles. The van der Waals surface area contributed by atoms with Gasteiger partial charge in [0.2, 0.25) is 0 Å². The largest absolute Gasteiger partial charge is 0.398 e. The first-order valence-electron chi connectivity index (χ1n) is 5.69. The van der Waals surface area contributed by atoms with Crippen LogP contribution >= 0.6 is 15.9 Å². The van der Waals surface area contributed by atoms with E-state index in [4.69, 9.17) is 5.73 Å². The van der Waals surface area contributed by atoms with E-state index in [9.17, 15) is 0 Å². The van der Waals surface area contributed by atoms with Gasteiger partial charge >= 0.3 is 0 Å². The fourth-order valence-electron chi connectivity index (χ4n) is 1.84. The number of nitrogen functional groups attached to an aromatic ring is 1. The standard InChI is InChI=1S/C13H21BrN2/c1-5-6-13(3,4)16-12-7-9(2)11(15)8-10(12)14/h7-8,16H,5-6,15H2,1-4H3. The first-order valence-corrected chi connectivity index (χ1v) is 6.49. The van der Waals surface area contributed by atoms with Crippen molar-refractivity contribution >= 4 is 27.3 Å². The predicted molar refractivity (Wildman–Crippen MR) is 75.9 cm³/mol. The molecular weight excluding hydrogens is 264 g/mol. The summed E-state index contributed by atoms with van der Waals surface area (Å²) in [4.78, 5) is 0. The predicted octanol–water partition coefficient (Wildman–Crippen LogP) is 4.33. The summed E-state index contributed by atoms with van der Waals surface area (Å²) in [7, 11) is 0. The van der Waals surface area contributed by atoms with Crippen molar-refractivity contribution in [1.29, 1.82) is 0 Å². The second-order valence-corrected chi connectivity index (χ2v) is 5.80. The Hall–Kier alpha value is -0.700. The van der Waals surface area contributed by atoms with E-state index < -0.39 is 0 Å². The van der Waals surface area contributed by atoms with E-state index >= 15 is 0 Å². The van der Waals surface area contributed by atoms with Crippen molar-refractivity contribution in [2.45, 2.75) is 46.1 Å². The van der Waals surface area contributed by atoms with Gasteiger partial charge in [-0.15, -0.1) is 0 Å². The molecule has 0 saturated carbocycles. The lowest BCUT2D eigenvalue weighted by atomic mass is 9.98. The van der Waals surface area contributed by atoms with Gasteiger partial charge < -0.3 is 11.1 Å². The van der Waals surface area contributed by atoms with Crippen molar-refractivity contribution in [1.82, 2.24) is 0 Å². The van der Waals surface area contributed by atoms with E-state index in [1.54, 1.807) is 0 Å². The Labute approximate surface area is 107 Å². The Morgan fingerprint density at radius 3 is 2.56 bits per heavy atom. The van der Waals surface area contributed by atoms with Gasteiger partial charge in [-0.05, 0) is 60.8 Å². The van der Waals surface area contributed by atoms with E-state index in [1.807, 2.05) is 13.0 Å². The Kier molecular flexibility index (Phi) is 4.25. The Morgan fingerprint density at radius 1 is 1.38 bits per heavy atom. The van der Waals surface area contributed by atoms with Crippen LogP contribution in [0, 0.1) is 6.92 Å². The second kappa shape index (κ2) is 5.09. The molecule has 0 atom stereocenters. The van der Waals surface area contributed by atoms with Gasteiger partial charge in [-0.25, -0.2) is 0 Å². The molecular formula is C13H21BrN2. The van der Waals surface area contributed by atoms with Crippen LogP contribution in [0.2, 0.25) is 0 Å². The van der Waals surface area contributed by atoms with Crippen LogP contribution in [0.1, 0.15) is 39.2 Å². The average molecular weight is 285 g/mol. The molecule has 0 aliphatic heterocycles. The lowest BCUT2D eigenvalue weighted by Gasteiger charge is -2.28. The van der Waals surface area contributed by atoms with Crippen LogP contribution in [-0.2, 0) is 0 Å². The number of nitrogens with two attached hydrogens (primary N) is 1. The molecule has 0 radical (unpaired) electrons. The molecule has 0 amide bonds. The number of nitrogens with one attached hydrogen (secondary N) is 1. The van der Waals surface area contributed by atoms with Crippen molar-refractivity contribution in [2.75, 3.05) is 11.1 Å². The molecule has 0 heterocycles. The summed E-state index contributed by atoms with van der Waals surface area (Å²) in [6.07, 6.45) is 2.31. The zero-order chi connectivity index (χ0) is 12.3. The van der Waals surface area contributed by atoms with Crippen LogP contribution in [0.4, 0.5) is 11.4 Å². The number of rotatable bonds is 4. The number of hydrogen-bond donors (Lipinski definition) is 2. The van der Waals surface area contributed by atoms with Crippen molar-refractivity contribution in [3.8, 4) is 0 Å². The molecule has 0 spiro atoms. The third-order valence-electron chi connectivity index (χ3n) is 2.70. The molecule has 0 aliphatic rings. The van der Waals surface area contributed by atoms with E-state index in [2.05, 4.69) is 48.1 Å². The maximum absolute atomic E-state index is 5.85. The number of hydrogen-bond acceptors (Lipinski definition) is 2. The summed E-state index contributed by atoms with van der Waals surface area (Å²) in [6, 6.07) is 4.05. The monoisotopic (exact) mass is 284 g/mol. The van der Waals surface area contributed by atoms with Crippen LogP contribution in [0.25, 0.3) is 0 Å². The molecule has 1 aromatic rings. The molecule has 1 rings (SSSR count). The Morgan fingerprint density at radius 2 is 2.00 bits per heavy atom. The third-order valence-corrected chi connectivity index (χ3v) is 3.36. The molecule has 90 valence electrons. The summed E-state index contributed by atoms with van der Waals surface area (Å²) in [5.74, 6) is 0. The number of aryl methyl sites for hydroxylation is 1. The topological polar surface area (TPSA) is 38.0 Å². The molecule has 3 N–H and O–H groups in total. The Balaban J connectivity index is 2.93. The summed E-state index contributed by atoms with van der Waals surface area (Å²) in [5, 5.41) is 3.55. The van der Waals surface area contributed by atoms with Gasteiger partial charge in [0, 0.05) is 21.4 Å². The van der Waals surface area contributed by atoms with Crippen molar-refractivity contribution in [3.63, 3.8) is 0 Å². The minimum absolute atomic E-state index is 0.111. The molecule has 0 bridgehead atoms. The summed E-state index contributed by atoms with van der Waals surface area (Å²) in [6.45, 7) is 8.66. The van der Waals surface area contributed by atoms with Gasteiger partial charge in [-0.1, -0.05) is 13.3 Å². The fraction of sp³-hybridized carbons (Fsp3) is 0.538. The maximum atomic E-state index is 5.85. The molecule has 1 aromatic carbocycles. The van der Waals surface area contributed by atoms with Crippen LogP contribution < -0.4 is 11.1 Å². The summed E-state index contributed by atoms with van der Waals surface area (Å²) in [5.41, 5.74) is 9.02.